The fraction of sp³-hybridized carbons (Fsp3) is 0.684. The van der Waals surface area contributed by atoms with Crippen LogP contribution in [0.4, 0.5) is 0 Å². The number of hydrogen-bond acceptors (Lipinski definition) is 3. The molecule has 1 aromatic heterocycles. The lowest BCUT2D eigenvalue weighted by Gasteiger charge is -2.41. The Morgan fingerprint density at radius 1 is 1.29 bits per heavy atom. The van der Waals surface area contributed by atoms with E-state index in [-0.39, 0.29) is 22.6 Å². The van der Waals surface area contributed by atoms with Crippen molar-refractivity contribution in [3.8, 4) is 0 Å². The summed E-state index contributed by atoms with van der Waals surface area (Å²) in [6.45, 7) is 11.4. The minimum atomic E-state index is -0.343. The van der Waals surface area contributed by atoms with Gasteiger partial charge in [0.2, 0.25) is 5.91 Å². The number of hydrogen-bond donors (Lipinski definition) is 0. The average Bonchev–Trinajstić information content (AvgIpc) is 3.10. The summed E-state index contributed by atoms with van der Waals surface area (Å²) in [4.78, 5) is 30.7. The first-order valence-corrected chi connectivity index (χ1v) is 9.73. The van der Waals surface area contributed by atoms with Crippen LogP contribution in [0.5, 0.6) is 0 Å². The summed E-state index contributed by atoms with van der Waals surface area (Å²) >= 11 is 1.50. The maximum absolute atomic E-state index is 13.1. The number of piperidine rings is 1. The molecule has 0 radical (unpaired) electrons. The second-order valence-electron chi connectivity index (χ2n) is 8.58. The largest absolute Gasteiger partial charge is 0.342 e. The molecule has 2 amide bonds. The van der Waals surface area contributed by atoms with Crippen LogP contribution < -0.4 is 0 Å². The normalized spacial score (nSPS) is 24.9. The molecule has 0 aromatic carbocycles. The Balaban J connectivity index is 1.74. The van der Waals surface area contributed by atoms with Crippen molar-refractivity contribution in [3.63, 3.8) is 0 Å². The van der Waals surface area contributed by atoms with E-state index in [0.29, 0.717) is 13.1 Å². The first-order valence-electron chi connectivity index (χ1n) is 8.85. The molecule has 0 N–H and O–H groups in total. The highest BCUT2D eigenvalue weighted by Gasteiger charge is 2.49. The first-order chi connectivity index (χ1) is 11.2. The smallest absolute Gasteiger partial charge is 0.264 e. The fourth-order valence-corrected chi connectivity index (χ4v) is 4.93. The molecule has 2 aliphatic rings. The van der Waals surface area contributed by atoms with Gasteiger partial charge in [-0.15, -0.1) is 11.3 Å². The zero-order chi connectivity index (χ0) is 17.5. The SMILES string of the molecule is Cc1ccsc1C(=O)N1CC[C@@]2(CCCN(CC(C)(C)C)C2=O)C1. The number of thiophene rings is 1. The Bertz CT molecular complexity index is 646. The van der Waals surface area contributed by atoms with Gasteiger partial charge in [0.1, 0.15) is 0 Å². The van der Waals surface area contributed by atoms with Crippen molar-refractivity contribution in [1.29, 1.82) is 0 Å². The molecular weight excluding hydrogens is 320 g/mol. The van der Waals surface area contributed by atoms with E-state index in [2.05, 4.69) is 20.8 Å². The molecule has 0 bridgehead atoms. The second-order valence-corrected chi connectivity index (χ2v) is 9.50. The summed E-state index contributed by atoms with van der Waals surface area (Å²) in [5.74, 6) is 0.363. The third-order valence-electron chi connectivity index (χ3n) is 5.19. The van der Waals surface area contributed by atoms with Crippen LogP contribution in [0.3, 0.4) is 0 Å². The van der Waals surface area contributed by atoms with Gasteiger partial charge in [-0.2, -0.15) is 0 Å². The Morgan fingerprint density at radius 3 is 2.67 bits per heavy atom. The highest BCUT2D eigenvalue weighted by molar-refractivity contribution is 7.12. The van der Waals surface area contributed by atoms with E-state index >= 15 is 0 Å². The fourth-order valence-electron chi connectivity index (χ4n) is 4.04. The summed E-state index contributed by atoms with van der Waals surface area (Å²) in [6.07, 6.45) is 2.77. The van der Waals surface area contributed by atoms with Crippen molar-refractivity contribution in [1.82, 2.24) is 9.80 Å². The second kappa shape index (κ2) is 6.17. The highest BCUT2D eigenvalue weighted by Crippen LogP contribution is 2.41. The zero-order valence-electron chi connectivity index (χ0n) is 15.2. The van der Waals surface area contributed by atoms with Gasteiger partial charge in [-0.25, -0.2) is 0 Å². The van der Waals surface area contributed by atoms with Crippen LogP contribution in [0, 0.1) is 17.8 Å². The molecule has 1 spiro atoms. The van der Waals surface area contributed by atoms with Crippen LogP contribution in [-0.2, 0) is 4.79 Å². The number of rotatable bonds is 2. The van der Waals surface area contributed by atoms with Gasteiger partial charge in [-0.3, -0.25) is 9.59 Å². The number of nitrogens with zero attached hydrogens (tertiary/aromatic N) is 2. The topological polar surface area (TPSA) is 40.6 Å². The van der Waals surface area contributed by atoms with Crippen LogP contribution in [0.1, 0.15) is 55.3 Å². The summed E-state index contributed by atoms with van der Waals surface area (Å²) in [7, 11) is 0. The van der Waals surface area contributed by atoms with Crippen molar-refractivity contribution in [3.05, 3.63) is 21.9 Å². The molecule has 0 saturated carbocycles. The molecule has 3 rings (SSSR count). The lowest BCUT2D eigenvalue weighted by molar-refractivity contribution is -0.146. The lowest BCUT2D eigenvalue weighted by Crippen LogP contribution is -2.52. The summed E-state index contributed by atoms with van der Waals surface area (Å²) in [5, 5.41) is 1.96. The van der Waals surface area contributed by atoms with Gasteiger partial charge in [0, 0.05) is 26.2 Å². The van der Waals surface area contributed by atoms with Crippen LogP contribution in [0.15, 0.2) is 11.4 Å². The molecule has 132 valence electrons. The molecular formula is C19H28N2O2S. The predicted molar refractivity (Wildman–Crippen MR) is 97.3 cm³/mol. The zero-order valence-corrected chi connectivity index (χ0v) is 16.0. The summed E-state index contributed by atoms with van der Waals surface area (Å²) in [6, 6.07) is 1.99. The summed E-state index contributed by atoms with van der Waals surface area (Å²) < 4.78 is 0. The van der Waals surface area contributed by atoms with E-state index in [0.717, 1.165) is 42.8 Å². The molecule has 3 heterocycles. The van der Waals surface area contributed by atoms with Crippen molar-refractivity contribution >= 4 is 23.2 Å². The number of likely N-dealkylation sites (tertiary alicyclic amines) is 2. The van der Waals surface area contributed by atoms with E-state index in [1.54, 1.807) is 0 Å². The van der Waals surface area contributed by atoms with Gasteiger partial charge in [0.05, 0.1) is 10.3 Å². The maximum Gasteiger partial charge on any atom is 0.264 e. The van der Waals surface area contributed by atoms with Crippen molar-refractivity contribution < 1.29 is 9.59 Å². The van der Waals surface area contributed by atoms with Gasteiger partial charge in [0.25, 0.3) is 5.91 Å². The Hall–Kier alpha value is -1.36. The summed E-state index contributed by atoms with van der Waals surface area (Å²) in [5.41, 5.74) is 0.802. The Morgan fingerprint density at radius 2 is 2.04 bits per heavy atom. The highest BCUT2D eigenvalue weighted by atomic mass is 32.1. The molecule has 2 saturated heterocycles. The van der Waals surface area contributed by atoms with E-state index in [1.165, 1.54) is 11.3 Å². The van der Waals surface area contributed by atoms with Gasteiger partial charge >= 0.3 is 0 Å². The molecule has 0 aliphatic carbocycles. The third kappa shape index (κ3) is 3.23. The molecule has 1 atom stereocenters. The Labute approximate surface area is 148 Å². The standard InChI is InChI=1S/C19H28N2O2S/c1-14-6-11-24-15(14)16(22)20-10-8-19(13-20)7-5-9-21(17(19)23)12-18(2,3)4/h6,11H,5,7-10,12-13H2,1-4H3/t19-/m0/s1. The first kappa shape index (κ1) is 17.5. The molecule has 1 aromatic rings. The third-order valence-corrected chi connectivity index (χ3v) is 6.19. The lowest BCUT2D eigenvalue weighted by atomic mass is 9.77. The molecule has 2 fully saturated rings. The van der Waals surface area contributed by atoms with Crippen molar-refractivity contribution in [2.45, 2.75) is 47.0 Å². The van der Waals surface area contributed by atoms with Crippen LogP contribution in [-0.4, -0.2) is 47.8 Å². The van der Waals surface area contributed by atoms with Gasteiger partial charge in [-0.05, 0) is 48.6 Å². The molecule has 5 heteroatoms. The maximum atomic E-state index is 13.1. The van der Waals surface area contributed by atoms with E-state index < -0.39 is 0 Å². The monoisotopic (exact) mass is 348 g/mol. The minimum Gasteiger partial charge on any atom is -0.342 e. The van der Waals surface area contributed by atoms with Crippen molar-refractivity contribution in [2.24, 2.45) is 10.8 Å². The quantitative estimate of drug-likeness (QED) is 0.820. The number of amides is 2. The van der Waals surface area contributed by atoms with E-state index in [4.69, 9.17) is 0 Å². The van der Waals surface area contributed by atoms with Crippen LogP contribution in [0.25, 0.3) is 0 Å². The van der Waals surface area contributed by atoms with Gasteiger partial charge < -0.3 is 9.80 Å². The van der Waals surface area contributed by atoms with Crippen molar-refractivity contribution in [2.75, 3.05) is 26.2 Å². The van der Waals surface area contributed by atoms with Gasteiger partial charge in [-0.1, -0.05) is 20.8 Å². The predicted octanol–water partition coefficient (Wildman–Crippen LogP) is 3.56. The Kier molecular flexibility index (Phi) is 4.49. The van der Waals surface area contributed by atoms with E-state index in [1.807, 2.05) is 28.2 Å². The number of aryl methyl sites for hydroxylation is 1. The molecule has 0 unspecified atom stereocenters. The van der Waals surface area contributed by atoms with Crippen LogP contribution >= 0.6 is 11.3 Å². The molecule has 2 aliphatic heterocycles. The average molecular weight is 349 g/mol. The van der Waals surface area contributed by atoms with Crippen LogP contribution in [0.2, 0.25) is 0 Å². The van der Waals surface area contributed by atoms with E-state index in [9.17, 15) is 9.59 Å². The minimum absolute atomic E-state index is 0.0973. The van der Waals surface area contributed by atoms with Gasteiger partial charge in [0.15, 0.2) is 0 Å². The number of carbonyl (C=O) groups excluding carboxylic acids is 2. The number of carbonyl (C=O) groups is 2. The molecule has 4 nitrogen and oxygen atoms in total. The molecule has 24 heavy (non-hydrogen) atoms.